The molecular weight excluding hydrogens is 254 g/mol. The zero-order chi connectivity index (χ0) is 14.7. The van der Waals surface area contributed by atoms with Crippen LogP contribution >= 0.6 is 0 Å². The molecule has 1 aliphatic rings. The zero-order valence-electron chi connectivity index (χ0n) is 12.7. The molecule has 4 nitrogen and oxygen atoms in total. The maximum Gasteiger partial charge on any atom is 0.223 e. The van der Waals surface area contributed by atoms with Gasteiger partial charge in [-0.2, -0.15) is 0 Å². The third-order valence-electron chi connectivity index (χ3n) is 3.65. The summed E-state index contributed by atoms with van der Waals surface area (Å²) >= 11 is 0. The van der Waals surface area contributed by atoms with Gasteiger partial charge in [-0.15, -0.1) is 0 Å². The van der Waals surface area contributed by atoms with Gasteiger partial charge in [0.2, 0.25) is 5.91 Å². The number of carbonyl (C=O) groups is 1. The van der Waals surface area contributed by atoms with Crippen molar-refractivity contribution in [3.63, 3.8) is 0 Å². The number of carbonyl (C=O) groups excluding carboxylic acids is 1. The van der Waals surface area contributed by atoms with Gasteiger partial charge >= 0.3 is 0 Å². The molecule has 0 spiro atoms. The highest BCUT2D eigenvalue weighted by molar-refractivity contribution is 5.76. The molecular formula is C16H23NO3. The van der Waals surface area contributed by atoms with Gasteiger partial charge < -0.3 is 14.4 Å². The molecule has 110 valence electrons. The highest BCUT2D eigenvalue weighted by atomic mass is 16.5. The Bertz CT molecular complexity index is 497. The largest absolute Gasteiger partial charge is 0.493 e. The van der Waals surface area contributed by atoms with Crippen molar-refractivity contribution in [3.05, 3.63) is 23.3 Å². The van der Waals surface area contributed by atoms with Crippen LogP contribution in [-0.4, -0.2) is 31.6 Å². The topological polar surface area (TPSA) is 38.8 Å². The van der Waals surface area contributed by atoms with Crippen LogP contribution in [0.15, 0.2) is 12.1 Å². The Kier molecular flexibility index (Phi) is 4.53. The fraction of sp³-hybridized carbons (Fsp3) is 0.562. The van der Waals surface area contributed by atoms with Gasteiger partial charge in [-0.3, -0.25) is 4.79 Å². The summed E-state index contributed by atoms with van der Waals surface area (Å²) in [6, 6.07) is 4.02. The number of rotatable bonds is 4. The summed E-state index contributed by atoms with van der Waals surface area (Å²) < 4.78 is 10.7. The summed E-state index contributed by atoms with van der Waals surface area (Å²) in [5.74, 6) is 2.12. The third kappa shape index (κ3) is 3.06. The van der Waals surface area contributed by atoms with Gasteiger partial charge in [-0.05, 0) is 35.6 Å². The van der Waals surface area contributed by atoms with Gasteiger partial charge in [0.15, 0.2) is 11.5 Å². The average molecular weight is 277 g/mol. The summed E-state index contributed by atoms with van der Waals surface area (Å²) in [4.78, 5) is 14.1. The molecule has 1 aromatic rings. The predicted octanol–water partition coefficient (Wildman–Crippen LogP) is 2.63. The van der Waals surface area contributed by atoms with E-state index < -0.39 is 0 Å². The van der Waals surface area contributed by atoms with Gasteiger partial charge in [0.1, 0.15) is 0 Å². The lowest BCUT2D eigenvalue weighted by Crippen LogP contribution is -2.36. The molecule has 0 N–H and O–H groups in total. The second-order valence-electron chi connectivity index (χ2n) is 5.64. The van der Waals surface area contributed by atoms with E-state index in [0.717, 1.165) is 30.0 Å². The number of fused-ring (bicyclic) bond motifs is 1. The number of benzene rings is 1. The molecule has 2 rings (SSSR count). The highest BCUT2D eigenvalue weighted by Crippen LogP contribution is 2.33. The Morgan fingerprint density at radius 1 is 1.20 bits per heavy atom. The molecule has 0 radical (unpaired) electrons. The van der Waals surface area contributed by atoms with Crippen molar-refractivity contribution >= 4 is 5.91 Å². The quantitative estimate of drug-likeness (QED) is 0.849. The molecule has 0 saturated heterocycles. The smallest absolute Gasteiger partial charge is 0.223 e. The zero-order valence-corrected chi connectivity index (χ0v) is 12.7. The lowest BCUT2D eigenvalue weighted by molar-refractivity contribution is -0.132. The summed E-state index contributed by atoms with van der Waals surface area (Å²) in [5, 5.41) is 0. The van der Waals surface area contributed by atoms with E-state index in [-0.39, 0.29) is 5.91 Å². The van der Waals surface area contributed by atoms with Crippen molar-refractivity contribution in [1.29, 1.82) is 0 Å². The molecule has 0 bridgehead atoms. The molecule has 1 heterocycles. The maximum absolute atomic E-state index is 12.2. The van der Waals surface area contributed by atoms with Crippen LogP contribution in [-0.2, 0) is 17.8 Å². The first-order valence-electron chi connectivity index (χ1n) is 7.06. The molecule has 0 unspecified atom stereocenters. The first-order valence-corrected chi connectivity index (χ1v) is 7.06. The molecule has 0 atom stereocenters. The minimum atomic E-state index is 0.237. The van der Waals surface area contributed by atoms with Gasteiger partial charge in [0, 0.05) is 19.5 Å². The Morgan fingerprint density at radius 3 is 2.35 bits per heavy atom. The third-order valence-corrected chi connectivity index (χ3v) is 3.65. The molecule has 4 heteroatoms. The summed E-state index contributed by atoms with van der Waals surface area (Å²) in [7, 11) is 3.28. The van der Waals surface area contributed by atoms with E-state index in [1.165, 1.54) is 5.56 Å². The van der Waals surface area contributed by atoms with Crippen molar-refractivity contribution in [2.45, 2.75) is 33.2 Å². The van der Waals surface area contributed by atoms with Crippen LogP contribution < -0.4 is 9.47 Å². The first-order chi connectivity index (χ1) is 9.55. The predicted molar refractivity (Wildman–Crippen MR) is 78.1 cm³/mol. The van der Waals surface area contributed by atoms with Gasteiger partial charge in [-0.25, -0.2) is 0 Å². The molecule has 0 fully saturated rings. The number of hydrogen-bond donors (Lipinski definition) is 0. The van der Waals surface area contributed by atoms with E-state index in [1.807, 2.05) is 17.0 Å². The van der Waals surface area contributed by atoms with E-state index in [9.17, 15) is 4.79 Å². The Balaban J connectivity index is 2.19. The van der Waals surface area contributed by atoms with Gasteiger partial charge in [-0.1, -0.05) is 13.8 Å². The second-order valence-corrected chi connectivity index (χ2v) is 5.64. The van der Waals surface area contributed by atoms with Gasteiger partial charge in [0.05, 0.1) is 14.2 Å². The fourth-order valence-corrected chi connectivity index (χ4v) is 2.57. The Hall–Kier alpha value is -1.71. The maximum atomic E-state index is 12.2. The molecule has 1 aliphatic heterocycles. The lowest BCUT2D eigenvalue weighted by Gasteiger charge is -2.30. The summed E-state index contributed by atoms with van der Waals surface area (Å²) in [6.45, 7) is 5.60. The van der Waals surface area contributed by atoms with Crippen molar-refractivity contribution < 1.29 is 14.3 Å². The molecule has 0 saturated carbocycles. The van der Waals surface area contributed by atoms with Crippen molar-refractivity contribution in [2.75, 3.05) is 20.8 Å². The van der Waals surface area contributed by atoms with E-state index in [4.69, 9.17) is 9.47 Å². The van der Waals surface area contributed by atoms with Crippen molar-refractivity contribution in [2.24, 2.45) is 5.92 Å². The minimum Gasteiger partial charge on any atom is -0.493 e. The summed E-state index contributed by atoms with van der Waals surface area (Å²) in [6.07, 6.45) is 1.49. The van der Waals surface area contributed by atoms with E-state index in [0.29, 0.717) is 18.9 Å². The number of amides is 1. The monoisotopic (exact) mass is 277 g/mol. The molecule has 0 aromatic heterocycles. The second kappa shape index (κ2) is 6.16. The lowest BCUT2D eigenvalue weighted by atomic mass is 9.98. The van der Waals surface area contributed by atoms with E-state index in [1.54, 1.807) is 14.2 Å². The SMILES string of the molecule is COc1cc2c(cc1OC)CN(C(=O)CC(C)C)CC2. The van der Waals surface area contributed by atoms with Crippen LogP contribution in [0.1, 0.15) is 31.4 Å². The Morgan fingerprint density at radius 2 is 1.80 bits per heavy atom. The van der Waals surface area contributed by atoms with E-state index in [2.05, 4.69) is 13.8 Å². The number of nitrogens with zero attached hydrogens (tertiary/aromatic N) is 1. The normalized spacial score (nSPS) is 14.2. The number of hydrogen-bond acceptors (Lipinski definition) is 3. The van der Waals surface area contributed by atoms with Crippen LogP contribution in [0, 0.1) is 5.92 Å². The number of ether oxygens (including phenoxy) is 2. The molecule has 0 aliphatic carbocycles. The average Bonchev–Trinajstić information content (AvgIpc) is 2.44. The van der Waals surface area contributed by atoms with Crippen molar-refractivity contribution in [3.8, 4) is 11.5 Å². The van der Waals surface area contributed by atoms with Crippen LogP contribution in [0.2, 0.25) is 0 Å². The van der Waals surface area contributed by atoms with Gasteiger partial charge in [0.25, 0.3) is 0 Å². The van der Waals surface area contributed by atoms with Crippen LogP contribution in [0.4, 0.5) is 0 Å². The van der Waals surface area contributed by atoms with Crippen molar-refractivity contribution in [1.82, 2.24) is 4.90 Å². The highest BCUT2D eigenvalue weighted by Gasteiger charge is 2.23. The molecule has 20 heavy (non-hydrogen) atoms. The van der Waals surface area contributed by atoms with E-state index >= 15 is 0 Å². The molecule has 1 aromatic carbocycles. The number of methoxy groups -OCH3 is 2. The Labute approximate surface area is 120 Å². The van der Waals surface area contributed by atoms with Crippen LogP contribution in [0.25, 0.3) is 0 Å². The van der Waals surface area contributed by atoms with Crippen LogP contribution in [0.3, 0.4) is 0 Å². The van der Waals surface area contributed by atoms with Crippen LogP contribution in [0.5, 0.6) is 11.5 Å². The first kappa shape index (κ1) is 14.7. The standard InChI is InChI=1S/C16H23NO3/c1-11(2)7-16(18)17-6-5-12-8-14(19-3)15(20-4)9-13(12)10-17/h8-9,11H,5-7,10H2,1-4H3. The molecule has 1 amide bonds. The minimum absolute atomic E-state index is 0.237. The fourth-order valence-electron chi connectivity index (χ4n) is 2.57. The summed E-state index contributed by atoms with van der Waals surface area (Å²) in [5.41, 5.74) is 2.40.